The molecule has 3 N–H and O–H groups in total. The molecule has 0 radical (unpaired) electrons. The molecule has 47 heavy (non-hydrogen) atoms. The van der Waals surface area contributed by atoms with Crippen LogP contribution in [-0.4, -0.2) is 36.9 Å². The standard InChI is InChI=1S/C36H32N4O5S2/c1-23-22-46-36(37-23)40-35(43)32(25-10-6-4-7-11-25)47-28-17-15-27(16-18-28)38-34(42)29(39-33(41)26-12-8-5-9-13-26)20-24-14-19-30(44-2)31(21-24)45-3/h4-22,32H,1-3H3,(H,38,42)(H,39,41)(H,37,40,43)/b29-20-. The Kier molecular flexibility index (Phi) is 11.1. The summed E-state index contributed by atoms with van der Waals surface area (Å²) in [7, 11) is 3.06. The van der Waals surface area contributed by atoms with E-state index in [-0.39, 0.29) is 11.6 Å². The molecule has 1 aromatic heterocycles. The van der Waals surface area contributed by atoms with Gasteiger partial charge in [-0.3, -0.25) is 14.4 Å². The number of amides is 3. The number of thioether (sulfide) groups is 1. The molecule has 3 amide bonds. The summed E-state index contributed by atoms with van der Waals surface area (Å²) in [6.45, 7) is 1.88. The number of benzene rings is 4. The number of methoxy groups -OCH3 is 2. The molecule has 0 saturated heterocycles. The van der Waals surface area contributed by atoms with Gasteiger partial charge in [0.1, 0.15) is 10.9 Å². The highest BCUT2D eigenvalue weighted by atomic mass is 32.2. The van der Waals surface area contributed by atoms with Gasteiger partial charge in [0.15, 0.2) is 16.6 Å². The Hall–Kier alpha value is -5.39. The highest BCUT2D eigenvalue weighted by Gasteiger charge is 2.23. The number of aromatic nitrogens is 1. The second-order valence-corrected chi connectivity index (χ2v) is 12.2. The average Bonchev–Trinajstić information content (AvgIpc) is 3.51. The number of nitrogens with zero attached hydrogens (tertiary/aromatic N) is 1. The highest BCUT2D eigenvalue weighted by Crippen LogP contribution is 2.37. The van der Waals surface area contributed by atoms with E-state index in [1.54, 1.807) is 60.7 Å². The van der Waals surface area contributed by atoms with E-state index >= 15 is 0 Å². The second kappa shape index (κ2) is 15.7. The van der Waals surface area contributed by atoms with Crippen molar-refractivity contribution in [3.05, 3.63) is 137 Å². The molecule has 9 nitrogen and oxygen atoms in total. The van der Waals surface area contributed by atoms with Crippen molar-refractivity contribution in [3.63, 3.8) is 0 Å². The van der Waals surface area contributed by atoms with Gasteiger partial charge in [-0.25, -0.2) is 4.98 Å². The van der Waals surface area contributed by atoms with E-state index in [1.807, 2.05) is 60.8 Å². The van der Waals surface area contributed by atoms with Crippen LogP contribution >= 0.6 is 23.1 Å². The first kappa shape index (κ1) is 33.0. The van der Waals surface area contributed by atoms with Crippen molar-refractivity contribution in [1.82, 2.24) is 10.3 Å². The minimum Gasteiger partial charge on any atom is -0.493 e. The van der Waals surface area contributed by atoms with Crippen molar-refractivity contribution < 1.29 is 23.9 Å². The van der Waals surface area contributed by atoms with Crippen molar-refractivity contribution in [3.8, 4) is 11.5 Å². The van der Waals surface area contributed by atoms with Crippen molar-refractivity contribution in [1.29, 1.82) is 0 Å². The second-order valence-electron chi connectivity index (χ2n) is 10.2. The number of nitrogens with one attached hydrogen (secondary N) is 3. The Morgan fingerprint density at radius 2 is 1.51 bits per heavy atom. The summed E-state index contributed by atoms with van der Waals surface area (Å²) < 4.78 is 10.7. The normalized spacial score (nSPS) is 11.7. The van der Waals surface area contributed by atoms with Crippen LogP contribution in [0.25, 0.3) is 6.08 Å². The summed E-state index contributed by atoms with van der Waals surface area (Å²) in [5.41, 5.74) is 3.24. The monoisotopic (exact) mass is 664 g/mol. The minimum absolute atomic E-state index is 0.0303. The lowest BCUT2D eigenvalue weighted by molar-refractivity contribution is -0.116. The molecule has 5 aromatic rings. The molecule has 0 bridgehead atoms. The lowest BCUT2D eigenvalue weighted by atomic mass is 10.1. The van der Waals surface area contributed by atoms with Crippen LogP contribution in [0.4, 0.5) is 10.8 Å². The Bertz CT molecular complexity index is 1880. The van der Waals surface area contributed by atoms with Gasteiger partial charge in [0.05, 0.1) is 19.9 Å². The SMILES string of the molecule is COc1ccc(/C=C(\NC(=O)c2ccccc2)C(=O)Nc2ccc(SC(C(=O)Nc3nc(C)cs3)c3ccccc3)cc2)cc1OC. The maximum Gasteiger partial charge on any atom is 0.272 e. The predicted molar refractivity (Wildman–Crippen MR) is 187 cm³/mol. The summed E-state index contributed by atoms with van der Waals surface area (Å²) in [6, 6.07) is 30.5. The molecule has 1 unspecified atom stereocenters. The quantitative estimate of drug-likeness (QED) is 0.0943. The molecule has 0 fully saturated rings. The van der Waals surface area contributed by atoms with Gasteiger partial charge in [-0.05, 0) is 72.7 Å². The number of anilines is 2. The summed E-state index contributed by atoms with van der Waals surface area (Å²) in [6.07, 6.45) is 1.56. The lowest BCUT2D eigenvalue weighted by Gasteiger charge is -2.17. The number of rotatable bonds is 12. The minimum atomic E-state index is -0.537. The zero-order valence-corrected chi connectivity index (χ0v) is 27.5. The van der Waals surface area contributed by atoms with Gasteiger partial charge in [0.2, 0.25) is 5.91 Å². The Morgan fingerprint density at radius 1 is 0.830 bits per heavy atom. The number of aryl methyl sites for hydroxylation is 1. The zero-order chi connectivity index (χ0) is 33.2. The number of carbonyl (C=O) groups excluding carboxylic acids is 3. The molecule has 11 heteroatoms. The number of hydrogen-bond acceptors (Lipinski definition) is 8. The van der Waals surface area contributed by atoms with Crippen molar-refractivity contribution in [2.45, 2.75) is 17.1 Å². The molecule has 1 atom stereocenters. The molecule has 0 spiro atoms. The maximum absolute atomic E-state index is 13.6. The fourth-order valence-corrected chi connectivity index (χ4v) is 6.20. The van der Waals surface area contributed by atoms with Gasteiger partial charge in [-0.1, -0.05) is 54.6 Å². The van der Waals surface area contributed by atoms with Gasteiger partial charge in [0.25, 0.3) is 11.8 Å². The summed E-state index contributed by atoms with van der Waals surface area (Å²) in [5.74, 6) is -0.130. The number of ether oxygens (including phenoxy) is 2. The van der Waals surface area contributed by atoms with E-state index in [9.17, 15) is 14.4 Å². The van der Waals surface area contributed by atoms with E-state index in [0.717, 1.165) is 16.2 Å². The molecule has 1 heterocycles. The molecular formula is C36H32N4O5S2. The van der Waals surface area contributed by atoms with Gasteiger partial charge in [0, 0.05) is 21.5 Å². The first-order valence-corrected chi connectivity index (χ1v) is 16.2. The van der Waals surface area contributed by atoms with Crippen LogP contribution in [0.5, 0.6) is 11.5 Å². The Balaban J connectivity index is 1.35. The third-order valence-electron chi connectivity index (χ3n) is 6.80. The highest BCUT2D eigenvalue weighted by molar-refractivity contribution is 8.00. The fraction of sp³-hybridized carbons (Fsp3) is 0.111. The lowest BCUT2D eigenvalue weighted by Crippen LogP contribution is -2.30. The number of hydrogen-bond donors (Lipinski definition) is 3. The number of thiazole rings is 1. The molecule has 5 rings (SSSR count). The fourth-order valence-electron chi connectivity index (χ4n) is 4.49. The molecular weight excluding hydrogens is 633 g/mol. The zero-order valence-electron chi connectivity index (χ0n) is 25.9. The van der Waals surface area contributed by atoms with Crippen molar-refractivity contribution in [2.75, 3.05) is 24.9 Å². The summed E-state index contributed by atoms with van der Waals surface area (Å²) in [4.78, 5) is 45.1. The first-order valence-electron chi connectivity index (χ1n) is 14.5. The summed E-state index contributed by atoms with van der Waals surface area (Å²) in [5, 5.41) is 10.4. The molecule has 0 aliphatic heterocycles. The average molecular weight is 665 g/mol. The van der Waals surface area contributed by atoms with Crippen LogP contribution in [0, 0.1) is 6.92 Å². The predicted octanol–water partition coefficient (Wildman–Crippen LogP) is 7.35. The van der Waals surface area contributed by atoms with E-state index in [2.05, 4.69) is 20.9 Å². The summed E-state index contributed by atoms with van der Waals surface area (Å²) >= 11 is 2.76. The van der Waals surface area contributed by atoms with E-state index in [4.69, 9.17) is 9.47 Å². The van der Waals surface area contributed by atoms with Gasteiger partial charge >= 0.3 is 0 Å². The van der Waals surface area contributed by atoms with Crippen molar-refractivity contribution in [2.24, 2.45) is 0 Å². The van der Waals surface area contributed by atoms with Gasteiger partial charge in [-0.15, -0.1) is 23.1 Å². The van der Waals surface area contributed by atoms with Gasteiger partial charge in [-0.2, -0.15) is 0 Å². The van der Waals surface area contributed by atoms with E-state index < -0.39 is 17.1 Å². The largest absolute Gasteiger partial charge is 0.493 e. The van der Waals surface area contributed by atoms with Crippen LogP contribution in [0.1, 0.15) is 32.4 Å². The van der Waals surface area contributed by atoms with E-state index in [0.29, 0.717) is 33.4 Å². The molecule has 4 aromatic carbocycles. The third-order valence-corrected chi connectivity index (χ3v) is 8.94. The molecule has 0 aliphatic carbocycles. The molecule has 0 saturated carbocycles. The van der Waals surface area contributed by atoms with Crippen LogP contribution in [0.2, 0.25) is 0 Å². The van der Waals surface area contributed by atoms with Crippen LogP contribution in [0.3, 0.4) is 0 Å². The topological polar surface area (TPSA) is 119 Å². The first-order chi connectivity index (χ1) is 22.8. The van der Waals surface area contributed by atoms with Crippen LogP contribution < -0.4 is 25.4 Å². The van der Waals surface area contributed by atoms with Gasteiger partial charge < -0.3 is 25.4 Å². The maximum atomic E-state index is 13.6. The van der Waals surface area contributed by atoms with Crippen LogP contribution in [0.15, 0.2) is 119 Å². The van der Waals surface area contributed by atoms with E-state index in [1.165, 1.54) is 37.3 Å². The molecule has 0 aliphatic rings. The Morgan fingerprint density at radius 3 is 2.15 bits per heavy atom. The smallest absolute Gasteiger partial charge is 0.272 e. The van der Waals surface area contributed by atoms with Crippen molar-refractivity contribution >= 4 is 57.7 Å². The molecule has 238 valence electrons. The van der Waals surface area contributed by atoms with Crippen LogP contribution in [-0.2, 0) is 9.59 Å². The number of carbonyl (C=O) groups is 3. The Labute approximate surface area is 281 Å². The third kappa shape index (κ3) is 8.87.